The van der Waals surface area contributed by atoms with Gasteiger partial charge in [-0.3, -0.25) is 9.69 Å². The third kappa shape index (κ3) is 3.96. The second kappa shape index (κ2) is 6.97. The fourth-order valence-electron chi connectivity index (χ4n) is 2.86. The molecule has 17 heavy (non-hydrogen) atoms. The summed E-state index contributed by atoms with van der Waals surface area (Å²) in [5.41, 5.74) is 5.43. The summed E-state index contributed by atoms with van der Waals surface area (Å²) < 4.78 is 0. The first-order valence-electron chi connectivity index (χ1n) is 6.86. The third-order valence-electron chi connectivity index (χ3n) is 3.96. The molecule has 1 fully saturated rings. The lowest BCUT2D eigenvalue weighted by atomic mass is 9.89. The second-order valence-electron chi connectivity index (χ2n) is 5.05. The van der Waals surface area contributed by atoms with Crippen LogP contribution in [0.25, 0.3) is 0 Å². The third-order valence-corrected chi connectivity index (χ3v) is 3.96. The molecule has 0 saturated carbocycles. The predicted octanol–water partition coefficient (Wildman–Crippen LogP) is 0.960. The first kappa shape index (κ1) is 14.5. The van der Waals surface area contributed by atoms with E-state index in [0.717, 1.165) is 44.8 Å². The van der Waals surface area contributed by atoms with E-state index in [1.165, 1.54) is 0 Å². The van der Waals surface area contributed by atoms with Gasteiger partial charge in [0.1, 0.15) is 0 Å². The highest BCUT2D eigenvalue weighted by atomic mass is 16.1. The van der Waals surface area contributed by atoms with Gasteiger partial charge in [-0.15, -0.1) is 0 Å². The Balaban J connectivity index is 2.42. The van der Waals surface area contributed by atoms with E-state index in [-0.39, 0.29) is 11.9 Å². The maximum Gasteiger partial charge on any atom is 0.234 e. The topological polar surface area (TPSA) is 58.4 Å². The smallest absolute Gasteiger partial charge is 0.234 e. The van der Waals surface area contributed by atoms with Gasteiger partial charge in [0.2, 0.25) is 5.91 Å². The number of amides is 1. The van der Waals surface area contributed by atoms with Gasteiger partial charge in [-0.2, -0.15) is 0 Å². The van der Waals surface area contributed by atoms with Gasteiger partial charge in [0.25, 0.3) is 0 Å². The number of piperidine rings is 1. The fraction of sp³-hybridized carbons (Fsp3) is 0.923. The number of nitrogens with two attached hydrogens (primary N) is 1. The number of rotatable bonds is 6. The lowest BCUT2D eigenvalue weighted by molar-refractivity contribution is -0.124. The van der Waals surface area contributed by atoms with E-state index in [2.05, 4.69) is 24.1 Å². The van der Waals surface area contributed by atoms with Gasteiger partial charge in [-0.1, -0.05) is 13.8 Å². The lowest BCUT2D eigenvalue weighted by Crippen LogP contribution is -2.50. The number of nitrogens with one attached hydrogen (secondary N) is 1. The maximum atomic E-state index is 11.3. The summed E-state index contributed by atoms with van der Waals surface area (Å²) in [5.74, 6) is 0.558. The van der Waals surface area contributed by atoms with Crippen LogP contribution in [0.3, 0.4) is 0 Å². The summed E-state index contributed by atoms with van der Waals surface area (Å²) in [6.45, 7) is 9.47. The molecule has 0 radical (unpaired) electrons. The van der Waals surface area contributed by atoms with Crippen molar-refractivity contribution in [2.24, 2.45) is 11.7 Å². The molecule has 0 spiro atoms. The molecule has 0 aromatic carbocycles. The lowest BCUT2D eigenvalue weighted by Gasteiger charge is -2.38. The van der Waals surface area contributed by atoms with Crippen molar-refractivity contribution in [3.05, 3.63) is 0 Å². The van der Waals surface area contributed by atoms with Crippen LogP contribution in [0.5, 0.6) is 0 Å². The minimum absolute atomic E-state index is 0.0645. The molecule has 1 aliphatic rings. The molecule has 1 heterocycles. The Morgan fingerprint density at radius 2 is 2.00 bits per heavy atom. The van der Waals surface area contributed by atoms with Crippen LogP contribution in [0, 0.1) is 5.92 Å². The molecule has 2 atom stereocenters. The van der Waals surface area contributed by atoms with Crippen LogP contribution in [-0.2, 0) is 4.79 Å². The molecule has 2 unspecified atom stereocenters. The first-order chi connectivity index (χ1) is 8.10. The standard InChI is InChI=1S/C13H27N3O/c1-4-12(13(14)17)16-8-6-11(7-9-16)10(3)15-5-2/h10-12,15H,4-9H2,1-3H3,(H2,14,17). The van der Waals surface area contributed by atoms with Crippen molar-refractivity contribution in [2.75, 3.05) is 19.6 Å². The van der Waals surface area contributed by atoms with E-state index in [1.807, 2.05) is 6.92 Å². The van der Waals surface area contributed by atoms with E-state index in [0.29, 0.717) is 6.04 Å². The van der Waals surface area contributed by atoms with E-state index in [4.69, 9.17) is 5.73 Å². The molecule has 0 aromatic rings. The fourth-order valence-corrected chi connectivity index (χ4v) is 2.86. The van der Waals surface area contributed by atoms with E-state index in [9.17, 15) is 4.79 Å². The SMILES string of the molecule is CCNC(C)C1CCN(C(CC)C(N)=O)CC1. The van der Waals surface area contributed by atoms with Crippen molar-refractivity contribution in [3.63, 3.8) is 0 Å². The molecule has 100 valence electrons. The number of nitrogens with zero attached hydrogens (tertiary/aromatic N) is 1. The Bertz CT molecular complexity index is 237. The van der Waals surface area contributed by atoms with E-state index >= 15 is 0 Å². The van der Waals surface area contributed by atoms with Crippen molar-refractivity contribution in [1.29, 1.82) is 0 Å². The molecule has 1 rings (SSSR count). The van der Waals surface area contributed by atoms with Crippen molar-refractivity contribution < 1.29 is 4.79 Å². The van der Waals surface area contributed by atoms with Gasteiger partial charge in [-0.05, 0) is 51.7 Å². The molecule has 4 heteroatoms. The highest BCUT2D eigenvalue weighted by Gasteiger charge is 2.28. The van der Waals surface area contributed by atoms with Gasteiger partial charge in [0.15, 0.2) is 0 Å². The van der Waals surface area contributed by atoms with Crippen LogP contribution in [-0.4, -0.2) is 42.5 Å². The number of carbonyl (C=O) groups excluding carboxylic acids is 1. The summed E-state index contributed by atoms with van der Waals surface area (Å²) in [6, 6.07) is 0.515. The van der Waals surface area contributed by atoms with Gasteiger partial charge in [0, 0.05) is 6.04 Å². The summed E-state index contributed by atoms with van der Waals surface area (Å²) in [4.78, 5) is 13.6. The summed E-state index contributed by atoms with van der Waals surface area (Å²) in [7, 11) is 0. The summed E-state index contributed by atoms with van der Waals surface area (Å²) in [5, 5.41) is 3.49. The number of carbonyl (C=O) groups is 1. The maximum absolute atomic E-state index is 11.3. The van der Waals surface area contributed by atoms with Crippen LogP contribution in [0.4, 0.5) is 0 Å². The van der Waals surface area contributed by atoms with Crippen molar-refractivity contribution in [2.45, 2.75) is 52.1 Å². The van der Waals surface area contributed by atoms with Crippen molar-refractivity contribution >= 4 is 5.91 Å². The highest BCUT2D eigenvalue weighted by molar-refractivity contribution is 5.79. The Labute approximate surface area is 105 Å². The van der Waals surface area contributed by atoms with Crippen LogP contribution in [0.1, 0.15) is 40.0 Å². The van der Waals surface area contributed by atoms with Crippen molar-refractivity contribution in [1.82, 2.24) is 10.2 Å². The molecule has 0 aliphatic carbocycles. The average Bonchev–Trinajstić information content (AvgIpc) is 2.30. The van der Waals surface area contributed by atoms with Crippen molar-refractivity contribution in [3.8, 4) is 0 Å². The van der Waals surface area contributed by atoms with Gasteiger partial charge in [-0.25, -0.2) is 0 Å². The van der Waals surface area contributed by atoms with Crippen LogP contribution >= 0.6 is 0 Å². The van der Waals surface area contributed by atoms with Gasteiger partial charge >= 0.3 is 0 Å². The summed E-state index contributed by atoms with van der Waals surface area (Å²) >= 11 is 0. The first-order valence-corrected chi connectivity index (χ1v) is 6.86. The number of likely N-dealkylation sites (tertiary alicyclic amines) is 1. The predicted molar refractivity (Wildman–Crippen MR) is 70.7 cm³/mol. The molecule has 0 bridgehead atoms. The van der Waals surface area contributed by atoms with Crippen LogP contribution in [0.15, 0.2) is 0 Å². The molecular weight excluding hydrogens is 214 g/mol. The Morgan fingerprint density at radius 3 is 2.41 bits per heavy atom. The average molecular weight is 241 g/mol. The van der Waals surface area contributed by atoms with Gasteiger partial charge < -0.3 is 11.1 Å². The van der Waals surface area contributed by atoms with E-state index < -0.39 is 0 Å². The zero-order valence-corrected chi connectivity index (χ0v) is 11.4. The van der Waals surface area contributed by atoms with Crippen LogP contribution in [0.2, 0.25) is 0 Å². The number of hydrogen-bond acceptors (Lipinski definition) is 3. The van der Waals surface area contributed by atoms with Gasteiger partial charge in [0.05, 0.1) is 6.04 Å². The number of primary amides is 1. The summed E-state index contributed by atoms with van der Waals surface area (Å²) in [6.07, 6.45) is 3.15. The Hall–Kier alpha value is -0.610. The Kier molecular flexibility index (Phi) is 5.92. The Morgan fingerprint density at radius 1 is 1.41 bits per heavy atom. The molecular formula is C13H27N3O. The number of hydrogen-bond donors (Lipinski definition) is 2. The van der Waals surface area contributed by atoms with Crippen LogP contribution < -0.4 is 11.1 Å². The molecule has 1 aliphatic heterocycles. The molecule has 1 saturated heterocycles. The molecule has 0 aromatic heterocycles. The zero-order chi connectivity index (χ0) is 12.8. The molecule has 1 amide bonds. The molecule has 3 N–H and O–H groups in total. The second-order valence-corrected chi connectivity index (χ2v) is 5.05. The molecule has 4 nitrogen and oxygen atoms in total. The van der Waals surface area contributed by atoms with E-state index in [1.54, 1.807) is 0 Å². The quantitative estimate of drug-likeness (QED) is 0.728. The highest BCUT2D eigenvalue weighted by Crippen LogP contribution is 2.22. The minimum atomic E-state index is -0.175. The monoisotopic (exact) mass is 241 g/mol. The largest absolute Gasteiger partial charge is 0.368 e. The zero-order valence-electron chi connectivity index (χ0n) is 11.4. The minimum Gasteiger partial charge on any atom is -0.368 e. The normalized spacial score (nSPS) is 22.3.